The molecular weight excluding hydrogens is 586 g/mol. The Kier molecular flexibility index (Phi) is 33.7. The molecule has 6 nitrogen and oxygen atoms in total. The van der Waals surface area contributed by atoms with Crippen molar-refractivity contribution in [2.24, 2.45) is 0 Å². The van der Waals surface area contributed by atoms with E-state index < -0.39 is 5.97 Å². The van der Waals surface area contributed by atoms with E-state index in [1.54, 1.807) is 0 Å². The minimum atomic E-state index is -1.03. The van der Waals surface area contributed by atoms with E-state index in [0.29, 0.717) is 12.8 Å². The lowest BCUT2D eigenvalue weighted by Crippen LogP contribution is -2.28. The third kappa shape index (κ3) is 35.8. The Balaban J connectivity index is 4.21. The van der Waals surface area contributed by atoms with Crippen LogP contribution in [0.5, 0.6) is 0 Å². The summed E-state index contributed by atoms with van der Waals surface area (Å²) >= 11 is 0. The summed E-state index contributed by atoms with van der Waals surface area (Å²) in [5.41, 5.74) is 0. The van der Waals surface area contributed by atoms with Crippen LogP contribution in [0.3, 0.4) is 0 Å². The van der Waals surface area contributed by atoms with Gasteiger partial charge in [-0.05, 0) is 83.1 Å². The first-order chi connectivity index (χ1) is 23.0. The van der Waals surface area contributed by atoms with Gasteiger partial charge in [0.2, 0.25) is 5.91 Å². The van der Waals surface area contributed by atoms with Gasteiger partial charge in [0.15, 0.2) is 0 Å². The molecule has 47 heavy (non-hydrogen) atoms. The second-order valence-corrected chi connectivity index (χ2v) is 12.4. The van der Waals surface area contributed by atoms with Crippen LogP contribution < -0.4 is 5.32 Å². The number of carbonyl (C=O) groups is 3. The molecule has 0 aliphatic carbocycles. The monoisotopic (exact) mass is 656 g/mol. The van der Waals surface area contributed by atoms with Crippen molar-refractivity contribution in [2.75, 3.05) is 6.54 Å². The number of rotatable bonds is 33. The number of carboxylic acids is 1. The van der Waals surface area contributed by atoms with Crippen molar-refractivity contribution in [1.29, 1.82) is 0 Å². The number of nitrogens with one attached hydrogen (secondary N) is 1. The number of unbranched alkanes of at least 4 members (excludes halogenated alkanes) is 14. The molecule has 1 unspecified atom stereocenters. The van der Waals surface area contributed by atoms with Gasteiger partial charge in [0.1, 0.15) is 12.6 Å². The highest BCUT2D eigenvalue weighted by Gasteiger charge is 2.11. The molecule has 0 fully saturated rings. The number of ether oxygens (including phenoxy) is 1. The molecule has 0 bridgehead atoms. The van der Waals surface area contributed by atoms with Gasteiger partial charge in [-0.15, -0.1) is 0 Å². The zero-order chi connectivity index (χ0) is 34.5. The van der Waals surface area contributed by atoms with E-state index >= 15 is 0 Å². The Morgan fingerprint density at radius 1 is 0.596 bits per heavy atom. The lowest BCUT2D eigenvalue weighted by atomic mass is 10.1. The summed E-state index contributed by atoms with van der Waals surface area (Å²) < 4.78 is 5.87. The molecule has 0 spiro atoms. The van der Waals surface area contributed by atoms with Crippen LogP contribution in [0, 0.1) is 0 Å². The molecule has 1 atom stereocenters. The second kappa shape index (κ2) is 36.0. The van der Waals surface area contributed by atoms with E-state index in [-0.39, 0.29) is 24.5 Å². The summed E-state index contributed by atoms with van der Waals surface area (Å²) in [4.78, 5) is 34.9. The van der Waals surface area contributed by atoms with Crippen LogP contribution in [0.4, 0.5) is 0 Å². The van der Waals surface area contributed by atoms with Gasteiger partial charge in [0.25, 0.3) is 0 Å². The SMILES string of the molecule is CC/C=C\C/C=C\C/C=C\CCCCCCCCCC(=O)OC(/C=C\C/C=C\CCCCCC)CCCCCCC(=O)NCC(=O)O. The van der Waals surface area contributed by atoms with Crippen LogP contribution in [0.2, 0.25) is 0 Å². The third-order valence-electron chi connectivity index (χ3n) is 7.91. The minimum absolute atomic E-state index is 0.111. The smallest absolute Gasteiger partial charge is 0.322 e. The summed E-state index contributed by atoms with van der Waals surface area (Å²) in [6, 6.07) is 0. The topological polar surface area (TPSA) is 92.7 Å². The highest BCUT2D eigenvalue weighted by Crippen LogP contribution is 2.15. The number of esters is 1. The molecular formula is C41H69NO5. The largest absolute Gasteiger partial charge is 0.480 e. The fraction of sp³-hybridized carbons (Fsp3) is 0.683. The number of hydrogen-bond acceptors (Lipinski definition) is 4. The van der Waals surface area contributed by atoms with Crippen molar-refractivity contribution in [3.8, 4) is 0 Å². The molecule has 0 aliphatic rings. The molecule has 0 aromatic carbocycles. The Morgan fingerprint density at radius 3 is 1.72 bits per heavy atom. The summed E-state index contributed by atoms with van der Waals surface area (Å²) in [6.07, 6.45) is 46.4. The van der Waals surface area contributed by atoms with Gasteiger partial charge >= 0.3 is 11.9 Å². The Hall–Kier alpha value is -2.89. The first-order valence-corrected chi connectivity index (χ1v) is 18.9. The zero-order valence-corrected chi connectivity index (χ0v) is 30.1. The van der Waals surface area contributed by atoms with E-state index in [0.717, 1.165) is 83.5 Å². The molecule has 0 rings (SSSR count). The van der Waals surface area contributed by atoms with Gasteiger partial charge in [-0.3, -0.25) is 14.4 Å². The first kappa shape index (κ1) is 44.1. The van der Waals surface area contributed by atoms with E-state index in [9.17, 15) is 14.4 Å². The fourth-order valence-corrected chi connectivity index (χ4v) is 5.12. The Bertz CT molecular complexity index is 902. The van der Waals surface area contributed by atoms with E-state index in [1.807, 2.05) is 6.08 Å². The van der Waals surface area contributed by atoms with Crippen molar-refractivity contribution < 1.29 is 24.2 Å². The zero-order valence-electron chi connectivity index (χ0n) is 30.1. The normalized spacial score (nSPS) is 12.7. The molecule has 2 N–H and O–H groups in total. The van der Waals surface area contributed by atoms with Crippen molar-refractivity contribution >= 4 is 17.8 Å². The molecule has 1 amide bonds. The third-order valence-corrected chi connectivity index (χ3v) is 7.91. The lowest BCUT2D eigenvalue weighted by molar-refractivity contribution is -0.147. The summed E-state index contributed by atoms with van der Waals surface area (Å²) in [5, 5.41) is 11.1. The maximum atomic E-state index is 12.6. The molecule has 268 valence electrons. The highest BCUT2D eigenvalue weighted by atomic mass is 16.5. The Morgan fingerprint density at radius 2 is 1.11 bits per heavy atom. The average Bonchev–Trinajstić information content (AvgIpc) is 3.05. The van der Waals surface area contributed by atoms with Crippen molar-refractivity contribution in [3.05, 3.63) is 60.8 Å². The van der Waals surface area contributed by atoms with Crippen molar-refractivity contribution in [3.63, 3.8) is 0 Å². The number of amides is 1. The predicted molar refractivity (Wildman–Crippen MR) is 198 cm³/mol. The fourth-order valence-electron chi connectivity index (χ4n) is 5.12. The van der Waals surface area contributed by atoms with Gasteiger partial charge in [-0.2, -0.15) is 0 Å². The van der Waals surface area contributed by atoms with Gasteiger partial charge in [0, 0.05) is 12.8 Å². The highest BCUT2D eigenvalue weighted by molar-refractivity contribution is 5.80. The maximum absolute atomic E-state index is 12.6. The predicted octanol–water partition coefficient (Wildman–Crippen LogP) is 11.3. The van der Waals surface area contributed by atoms with Gasteiger partial charge in [0.05, 0.1) is 0 Å². The van der Waals surface area contributed by atoms with Gasteiger partial charge in [-0.25, -0.2) is 0 Å². The number of hydrogen-bond donors (Lipinski definition) is 2. The van der Waals surface area contributed by atoms with Crippen LogP contribution in [0.15, 0.2) is 60.8 Å². The number of aliphatic carboxylic acids is 1. The average molecular weight is 656 g/mol. The molecule has 0 aromatic heterocycles. The second-order valence-electron chi connectivity index (χ2n) is 12.4. The van der Waals surface area contributed by atoms with Gasteiger partial charge < -0.3 is 15.2 Å². The molecule has 0 aromatic rings. The number of carboxylic acid groups (broad SMARTS) is 1. The van der Waals surface area contributed by atoms with Crippen LogP contribution in [0.25, 0.3) is 0 Å². The van der Waals surface area contributed by atoms with Crippen molar-refractivity contribution in [1.82, 2.24) is 5.32 Å². The molecule has 0 saturated heterocycles. The Labute approximate surface area is 288 Å². The molecule has 0 saturated carbocycles. The van der Waals surface area contributed by atoms with Crippen molar-refractivity contribution in [2.45, 2.75) is 174 Å². The molecule has 0 radical (unpaired) electrons. The number of allylic oxidation sites excluding steroid dienone is 9. The first-order valence-electron chi connectivity index (χ1n) is 18.9. The van der Waals surface area contributed by atoms with E-state index in [1.165, 1.54) is 57.8 Å². The maximum Gasteiger partial charge on any atom is 0.322 e. The molecule has 0 aliphatic heterocycles. The summed E-state index contributed by atoms with van der Waals surface area (Å²) in [7, 11) is 0. The van der Waals surface area contributed by atoms with Crippen LogP contribution in [-0.4, -0.2) is 35.6 Å². The van der Waals surface area contributed by atoms with Crippen LogP contribution in [-0.2, 0) is 19.1 Å². The van der Waals surface area contributed by atoms with Gasteiger partial charge in [-0.1, -0.05) is 133 Å². The quantitative estimate of drug-likeness (QED) is 0.0417. The molecule has 0 heterocycles. The summed E-state index contributed by atoms with van der Waals surface area (Å²) in [6.45, 7) is 4.05. The standard InChI is InChI=1S/C41H69NO5/c1-3-5-7-9-11-13-14-15-16-17-18-19-20-22-24-26-32-36-41(46)47-38(33-29-25-23-21-12-10-8-6-4-2)34-30-27-28-31-35-39(43)42-37-40(44)45/h5,7,11,13,15-16,21,23,29,33,38H,3-4,6,8-10,12,14,17-20,22,24-28,30-32,34-37H2,1-2H3,(H,42,43)(H,44,45)/b7-5-,13-11-,16-15-,23-21-,33-29-. The van der Waals surface area contributed by atoms with Crippen LogP contribution >= 0.6 is 0 Å². The molecule has 6 heteroatoms. The van der Waals surface area contributed by atoms with E-state index in [2.05, 4.69) is 73.8 Å². The minimum Gasteiger partial charge on any atom is -0.480 e. The van der Waals surface area contributed by atoms with E-state index in [4.69, 9.17) is 9.84 Å². The lowest BCUT2D eigenvalue weighted by Gasteiger charge is -2.14. The number of carbonyl (C=O) groups excluding carboxylic acids is 2. The van der Waals surface area contributed by atoms with Crippen LogP contribution in [0.1, 0.15) is 168 Å². The summed E-state index contributed by atoms with van der Waals surface area (Å²) in [5.74, 6) is -1.37.